The minimum atomic E-state index is -0.0259. The van der Waals surface area contributed by atoms with E-state index in [0.717, 1.165) is 56.4 Å². The Labute approximate surface area is 101 Å². The van der Waals surface area contributed by atoms with Crippen molar-refractivity contribution in [1.82, 2.24) is 10.2 Å². The maximum Gasteiger partial charge on any atom is 0.184 e. The molecule has 1 N–H and O–H groups in total. The SMILES string of the molecule is C=C(C1CC=C(C=O)O1)N1CC2CNCC2C1. The minimum absolute atomic E-state index is 0.0259. The third-order valence-corrected chi connectivity index (χ3v) is 4.09. The third kappa shape index (κ3) is 1.86. The van der Waals surface area contributed by atoms with Gasteiger partial charge >= 0.3 is 0 Å². The number of carbonyl (C=O) groups is 1. The number of fused-ring (bicyclic) bond motifs is 1. The van der Waals surface area contributed by atoms with Crippen LogP contribution in [0.1, 0.15) is 6.42 Å². The van der Waals surface area contributed by atoms with E-state index in [4.69, 9.17) is 4.74 Å². The van der Waals surface area contributed by atoms with Gasteiger partial charge in [0.25, 0.3) is 0 Å². The average Bonchev–Trinajstić information content (AvgIpc) is 3.02. The maximum atomic E-state index is 10.6. The van der Waals surface area contributed by atoms with E-state index in [1.807, 2.05) is 6.08 Å². The number of nitrogens with one attached hydrogen (secondary N) is 1. The molecule has 0 radical (unpaired) electrons. The van der Waals surface area contributed by atoms with Crippen molar-refractivity contribution in [3.05, 3.63) is 24.1 Å². The number of ether oxygens (including phenoxy) is 1. The second-order valence-corrected chi connectivity index (χ2v) is 5.14. The Morgan fingerprint density at radius 2 is 2.18 bits per heavy atom. The van der Waals surface area contributed by atoms with Crippen molar-refractivity contribution in [2.45, 2.75) is 12.5 Å². The van der Waals surface area contributed by atoms with Gasteiger partial charge in [-0.2, -0.15) is 0 Å². The van der Waals surface area contributed by atoms with Gasteiger partial charge in [0, 0.05) is 38.3 Å². The molecule has 3 aliphatic heterocycles. The Balaban J connectivity index is 1.59. The van der Waals surface area contributed by atoms with Crippen LogP contribution >= 0.6 is 0 Å². The van der Waals surface area contributed by atoms with E-state index in [1.54, 1.807) is 0 Å². The van der Waals surface area contributed by atoms with Crippen molar-refractivity contribution in [2.24, 2.45) is 11.8 Å². The number of likely N-dealkylation sites (tertiary alicyclic amines) is 1. The van der Waals surface area contributed by atoms with E-state index in [-0.39, 0.29) is 6.10 Å². The van der Waals surface area contributed by atoms with Gasteiger partial charge in [0.05, 0.1) is 0 Å². The summed E-state index contributed by atoms with van der Waals surface area (Å²) in [5.74, 6) is 1.97. The highest BCUT2D eigenvalue weighted by Crippen LogP contribution is 2.32. The normalized spacial score (nSPS) is 35.4. The molecule has 0 saturated carbocycles. The van der Waals surface area contributed by atoms with Crippen molar-refractivity contribution in [3.8, 4) is 0 Å². The van der Waals surface area contributed by atoms with Crippen molar-refractivity contribution in [2.75, 3.05) is 26.2 Å². The van der Waals surface area contributed by atoms with Crippen molar-refractivity contribution < 1.29 is 9.53 Å². The summed E-state index contributed by atoms with van der Waals surface area (Å²) in [5.41, 5.74) is 1.03. The zero-order chi connectivity index (χ0) is 11.8. The van der Waals surface area contributed by atoms with E-state index in [2.05, 4.69) is 16.8 Å². The number of hydrogen-bond acceptors (Lipinski definition) is 4. The molecule has 92 valence electrons. The molecule has 3 unspecified atom stereocenters. The predicted octanol–water partition coefficient (Wildman–Crippen LogP) is 0.523. The molecule has 3 rings (SSSR count). The lowest BCUT2D eigenvalue weighted by molar-refractivity contribution is -0.108. The molecule has 0 bridgehead atoms. The van der Waals surface area contributed by atoms with Crippen LogP contribution in [0.5, 0.6) is 0 Å². The van der Waals surface area contributed by atoms with Crippen LogP contribution in [0.2, 0.25) is 0 Å². The zero-order valence-corrected chi connectivity index (χ0v) is 9.89. The Hall–Kier alpha value is -1.29. The molecule has 3 heterocycles. The number of allylic oxidation sites excluding steroid dienone is 1. The van der Waals surface area contributed by atoms with Crippen LogP contribution in [0.25, 0.3) is 0 Å². The van der Waals surface area contributed by atoms with Gasteiger partial charge in [-0.15, -0.1) is 0 Å². The number of aldehydes is 1. The second-order valence-electron chi connectivity index (χ2n) is 5.14. The van der Waals surface area contributed by atoms with E-state index >= 15 is 0 Å². The highest BCUT2D eigenvalue weighted by atomic mass is 16.5. The van der Waals surface area contributed by atoms with Crippen LogP contribution in [-0.2, 0) is 9.53 Å². The molecule has 3 aliphatic rings. The van der Waals surface area contributed by atoms with Crippen molar-refractivity contribution in [1.29, 1.82) is 0 Å². The first-order valence-electron chi connectivity index (χ1n) is 6.24. The summed E-state index contributed by atoms with van der Waals surface area (Å²) in [5, 5.41) is 3.43. The van der Waals surface area contributed by atoms with Gasteiger partial charge in [0.2, 0.25) is 0 Å². The summed E-state index contributed by atoms with van der Waals surface area (Å²) in [6, 6.07) is 0. The Bertz CT molecular complexity index is 366. The number of carbonyl (C=O) groups excluding carboxylic acids is 1. The third-order valence-electron chi connectivity index (χ3n) is 4.09. The summed E-state index contributed by atoms with van der Waals surface area (Å²) >= 11 is 0. The predicted molar refractivity (Wildman–Crippen MR) is 64.2 cm³/mol. The van der Waals surface area contributed by atoms with E-state index in [1.165, 1.54) is 0 Å². The standard InChI is InChI=1S/C13H18N2O2/c1-9(13-3-2-12(8-16)17-13)15-6-10-4-14-5-11(10)7-15/h2,8,10-11,13-14H,1,3-7H2. The molecule has 0 aromatic carbocycles. The first-order valence-corrected chi connectivity index (χ1v) is 6.24. The van der Waals surface area contributed by atoms with Gasteiger partial charge in [-0.25, -0.2) is 0 Å². The Kier molecular flexibility index (Phi) is 2.67. The number of hydrogen-bond donors (Lipinski definition) is 1. The summed E-state index contributed by atoms with van der Waals surface area (Å²) in [6.45, 7) is 8.54. The molecular weight excluding hydrogens is 216 g/mol. The van der Waals surface area contributed by atoms with Gasteiger partial charge in [-0.05, 0) is 17.9 Å². The first kappa shape index (κ1) is 10.8. The van der Waals surface area contributed by atoms with Crippen LogP contribution in [0.4, 0.5) is 0 Å². The van der Waals surface area contributed by atoms with Gasteiger partial charge in [-0.3, -0.25) is 4.79 Å². The monoisotopic (exact) mass is 234 g/mol. The van der Waals surface area contributed by atoms with Gasteiger partial charge < -0.3 is 15.0 Å². The van der Waals surface area contributed by atoms with Gasteiger partial charge in [0.1, 0.15) is 6.10 Å². The Morgan fingerprint density at radius 1 is 1.47 bits per heavy atom. The molecule has 2 saturated heterocycles. The largest absolute Gasteiger partial charge is 0.481 e. The zero-order valence-electron chi connectivity index (χ0n) is 9.89. The van der Waals surface area contributed by atoms with Crippen molar-refractivity contribution >= 4 is 6.29 Å². The molecule has 0 aliphatic carbocycles. The molecule has 4 nitrogen and oxygen atoms in total. The molecule has 0 aromatic heterocycles. The van der Waals surface area contributed by atoms with Crippen LogP contribution in [0.15, 0.2) is 24.1 Å². The summed E-state index contributed by atoms with van der Waals surface area (Å²) in [6.07, 6.45) is 3.37. The Morgan fingerprint density at radius 3 is 2.76 bits per heavy atom. The summed E-state index contributed by atoms with van der Waals surface area (Å²) < 4.78 is 5.54. The number of rotatable bonds is 3. The smallest absolute Gasteiger partial charge is 0.184 e. The van der Waals surface area contributed by atoms with E-state index in [0.29, 0.717) is 5.76 Å². The maximum absolute atomic E-state index is 10.6. The highest BCUT2D eigenvalue weighted by Gasteiger charge is 2.38. The van der Waals surface area contributed by atoms with Gasteiger partial charge in [0.15, 0.2) is 12.0 Å². The quantitative estimate of drug-likeness (QED) is 0.723. The van der Waals surface area contributed by atoms with Gasteiger partial charge in [-0.1, -0.05) is 6.58 Å². The average molecular weight is 234 g/mol. The fourth-order valence-corrected chi connectivity index (χ4v) is 3.06. The fraction of sp³-hybridized carbons (Fsp3) is 0.615. The molecular formula is C13H18N2O2. The lowest BCUT2D eigenvalue weighted by Gasteiger charge is -2.26. The van der Waals surface area contributed by atoms with Crippen LogP contribution < -0.4 is 5.32 Å². The summed E-state index contributed by atoms with van der Waals surface area (Å²) in [4.78, 5) is 12.9. The molecule has 17 heavy (non-hydrogen) atoms. The fourth-order valence-electron chi connectivity index (χ4n) is 3.06. The van der Waals surface area contributed by atoms with Crippen molar-refractivity contribution in [3.63, 3.8) is 0 Å². The topological polar surface area (TPSA) is 41.6 Å². The lowest BCUT2D eigenvalue weighted by Crippen LogP contribution is -2.30. The molecule has 0 spiro atoms. The van der Waals surface area contributed by atoms with Crippen LogP contribution in [-0.4, -0.2) is 43.5 Å². The molecule has 0 aromatic rings. The second kappa shape index (κ2) is 4.18. The van der Waals surface area contributed by atoms with Crippen LogP contribution in [0, 0.1) is 11.8 Å². The number of nitrogens with zero attached hydrogens (tertiary/aromatic N) is 1. The highest BCUT2D eigenvalue weighted by molar-refractivity contribution is 5.70. The molecule has 3 atom stereocenters. The molecule has 2 fully saturated rings. The van der Waals surface area contributed by atoms with E-state index < -0.39 is 0 Å². The lowest BCUT2D eigenvalue weighted by atomic mass is 10.0. The molecule has 0 amide bonds. The minimum Gasteiger partial charge on any atom is -0.481 e. The first-order chi connectivity index (χ1) is 8.28. The molecule has 4 heteroatoms. The van der Waals surface area contributed by atoms with E-state index in [9.17, 15) is 4.79 Å². The summed E-state index contributed by atoms with van der Waals surface area (Å²) in [7, 11) is 0. The van der Waals surface area contributed by atoms with Crippen LogP contribution in [0.3, 0.4) is 0 Å².